The molecule has 0 N–H and O–H groups in total. The molecule has 2 aromatic carbocycles. The van der Waals surface area contributed by atoms with Crippen molar-refractivity contribution in [3.05, 3.63) is 65.5 Å². The van der Waals surface area contributed by atoms with Gasteiger partial charge in [-0.05, 0) is 54.8 Å². The Hall–Kier alpha value is -2.67. The average Bonchev–Trinajstić information content (AvgIpc) is 3.37. The minimum absolute atomic E-state index is 0.119. The molecule has 0 spiro atoms. The molecule has 0 saturated carbocycles. The van der Waals surface area contributed by atoms with Gasteiger partial charge in [-0.2, -0.15) is 0 Å². The SMILES string of the molecule is Cn1c(SCc2ccc(C(=O)N3CCCC3)cc2)nnc1-c1ccc(F)cc1. The van der Waals surface area contributed by atoms with Crippen molar-refractivity contribution in [1.29, 1.82) is 0 Å². The van der Waals surface area contributed by atoms with E-state index in [2.05, 4.69) is 10.2 Å². The zero-order valence-corrected chi connectivity index (χ0v) is 16.5. The molecule has 4 rings (SSSR count). The molecule has 0 aliphatic carbocycles. The summed E-state index contributed by atoms with van der Waals surface area (Å²) in [6.45, 7) is 1.72. The van der Waals surface area contributed by atoms with Gasteiger partial charge in [0, 0.05) is 37.0 Å². The predicted molar refractivity (Wildman–Crippen MR) is 108 cm³/mol. The van der Waals surface area contributed by atoms with Crippen LogP contribution in [0.3, 0.4) is 0 Å². The molecule has 28 heavy (non-hydrogen) atoms. The van der Waals surface area contributed by atoms with Crippen molar-refractivity contribution in [3.8, 4) is 11.4 Å². The Balaban J connectivity index is 1.40. The summed E-state index contributed by atoms with van der Waals surface area (Å²) in [5, 5.41) is 9.27. The summed E-state index contributed by atoms with van der Waals surface area (Å²) in [5.41, 5.74) is 2.69. The Labute approximate surface area is 167 Å². The van der Waals surface area contributed by atoms with Gasteiger partial charge < -0.3 is 9.47 Å². The van der Waals surface area contributed by atoms with Crippen molar-refractivity contribution < 1.29 is 9.18 Å². The van der Waals surface area contributed by atoms with E-state index in [4.69, 9.17) is 0 Å². The standard InChI is InChI=1S/C21H21FN4OS/c1-25-19(16-8-10-18(22)11-9-16)23-24-21(25)28-14-15-4-6-17(7-5-15)20(27)26-12-2-3-13-26/h4-11H,2-3,12-14H2,1H3. The van der Waals surface area contributed by atoms with Crippen molar-refractivity contribution in [2.45, 2.75) is 23.8 Å². The second-order valence-corrected chi connectivity index (χ2v) is 7.80. The molecule has 3 aromatic rings. The molecule has 0 radical (unpaired) electrons. The normalized spacial score (nSPS) is 13.9. The van der Waals surface area contributed by atoms with E-state index in [1.54, 1.807) is 23.9 Å². The van der Waals surface area contributed by atoms with E-state index in [0.29, 0.717) is 5.82 Å². The molecule has 1 fully saturated rings. The minimum Gasteiger partial charge on any atom is -0.339 e. The highest BCUT2D eigenvalue weighted by Crippen LogP contribution is 2.25. The molecule has 1 aliphatic rings. The fourth-order valence-corrected chi connectivity index (χ4v) is 4.15. The molecule has 0 bridgehead atoms. The number of hydrogen-bond acceptors (Lipinski definition) is 4. The van der Waals surface area contributed by atoms with Crippen LogP contribution >= 0.6 is 11.8 Å². The lowest BCUT2D eigenvalue weighted by Gasteiger charge is -2.15. The highest BCUT2D eigenvalue weighted by atomic mass is 32.2. The third-order valence-corrected chi connectivity index (χ3v) is 5.99. The number of nitrogens with zero attached hydrogens (tertiary/aromatic N) is 4. The minimum atomic E-state index is -0.271. The van der Waals surface area contributed by atoms with Gasteiger partial charge in [-0.1, -0.05) is 23.9 Å². The molecule has 7 heteroatoms. The third kappa shape index (κ3) is 3.94. The first-order valence-corrected chi connectivity index (χ1v) is 10.3. The van der Waals surface area contributed by atoms with Crippen LogP contribution < -0.4 is 0 Å². The van der Waals surface area contributed by atoms with Gasteiger partial charge in [0.2, 0.25) is 0 Å². The van der Waals surface area contributed by atoms with Gasteiger partial charge in [0.1, 0.15) is 5.82 Å². The lowest BCUT2D eigenvalue weighted by atomic mass is 10.1. The lowest BCUT2D eigenvalue weighted by Crippen LogP contribution is -2.27. The summed E-state index contributed by atoms with van der Waals surface area (Å²) in [7, 11) is 1.90. The number of benzene rings is 2. The van der Waals surface area contributed by atoms with Crippen LogP contribution in [0.25, 0.3) is 11.4 Å². The molecule has 1 aliphatic heterocycles. The van der Waals surface area contributed by atoms with Gasteiger partial charge in [-0.15, -0.1) is 10.2 Å². The average molecular weight is 396 g/mol. The Kier molecular flexibility index (Phi) is 5.43. The maximum atomic E-state index is 13.1. The zero-order chi connectivity index (χ0) is 19.5. The summed E-state index contributed by atoms with van der Waals surface area (Å²) in [6, 6.07) is 14.0. The molecule has 0 unspecified atom stereocenters. The molecule has 1 aromatic heterocycles. The number of aromatic nitrogens is 3. The van der Waals surface area contributed by atoms with Gasteiger partial charge in [0.15, 0.2) is 11.0 Å². The van der Waals surface area contributed by atoms with Crippen LogP contribution in [0.15, 0.2) is 53.7 Å². The Morgan fingerprint density at radius 3 is 2.39 bits per heavy atom. The number of thioether (sulfide) groups is 1. The summed E-state index contributed by atoms with van der Waals surface area (Å²) >= 11 is 1.58. The Morgan fingerprint density at radius 2 is 1.71 bits per heavy atom. The van der Waals surface area contributed by atoms with E-state index in [1.165, 1.54) is 12.1 Å². The first-order chi connectivity index (χ1) is 13.6. The van der Waals surface area contributed by atoms with Crippen LogP contribution in [0.4, 0.5) is 4.39 Å². The number of amides is 1. The first kappa shape index (κ1) is 18.7. The van der Waals surface area contributed by atoms with Crippen molar-refractivity contribution in [1.82, 2.24) is 19.7 Å². The second-order valence-electron chi connectivity index (χ2n) is 6.86. The number of likely N-dealkylation sites (tertiary alicyclic amines) is 1. The quantitative estimate of drug-likeness (QED) is 0.608. The van der Waals surface area contributed by atoms with Crippen LogP contribution in [-0.4, -0.2) is 38.7 Å². The Bertz CT molecular complexity index is 963. The van der Waals surface area contributed by atoms with Crippen LogP contribution in [0.1, 0.15) is 28.8 Å². The summed E-state index contributed by atoms with van der Waals surface area (Å²) in [4.78, 5) is 14.3. The first-order valence-electron chi connectivity index (χ1n) is 9.28. The van der Waals surface area contributed by atoms with Crippen LogP contribution in [0.5, 0.6) is 0 Å². The highest BCUT2D eigenvalue weighted by molar-refractivity contribution is 7.98. The molecule has 144 valence electrons. The van der Waals surface area contributed by atoms with Crippen molar-refractivity contribution in [2.24, 2.45) is 7.05 Å². The van der Waals surface area contributed by atoms with Crippen molar-refractivity contribution in [2.75, 3.05) is 13.1 Å². The lowest BCUT2D eigenvalue weighted by molar-refractivity contribution is 0.0793. The number of carbonyl (C=O) groups is 1. The molecule has 1 amide bonds. The van der Waals surface area contributed by atoms with Crippen molar-refractivity contribution in [3.63, 3.8) is 0 Å². The molecule has 1 saturated heterocycles. The molecule has 5 nitrogen and oxygen atoms in total. The van der Waals surface area contributed by atoms with Gasteiger partial charge >= 0.3 is 0 Å². The number of carbonyl (C=O) groups excluding carboxylic acids is 1. The van der Waals surface area contributed by atoms with E-state index in [-0.39, 0.29) is 11.7 Å². The summed E-state index contributed by atoms with van der Waals surface area (Å²) < 4.78 is 15.0. The van der Waals surface area contributed by atoms with E-state index in [0.717, 1.165) is 53.5 Å². The van der Waals surface area contributed by atoms with E-state index < -0.39 is 0 Å². The van der Waals surface area contributed by atoms with Crippen LogP contribution in [0, 0.1) is 5.82 Å². The fraction of sp³-hybridized carbons (Fsp3) is 0.286. The number of hydrogen-bond donors (Lipinski definition) is 0. The van der Waals surface area contributed by atoms with Gasteiger partial charge in [-0.25, -0.2) is 4.39 Å². The second kappa shape index (κ2) is 8.14. The predicted octanol–water partition coefficient (Wildman–Crippen LogP) is 4.15. The van der Waals surface area contributed by atoms with Crippen molar-refractivity contribution >= 4 is 17.7 Å². The van der Waals surface area contributed by atoms with Gasteiger partial charge in [0.25, 0.3) is 5.91 Å². The van der Waals surface area contributed by atoms with Crippen LogP contribution in [0.2, 0.25) is 0 Å². The molecular weight excluding hydrogens is 375 g/mol. The number of halogens is 1. The maximum absolute atomic E-state index is 13.1. The van der Waals surface area contributed by atoms with Gasteiger partial charge in [0.05, 0.1) is 0 Å². The number of rotatable bonds is 5. The smallest absolute Gasteiger partial charge is 0.253 e. The van der Waals surface area contributed by atoms with E-state index in [1.807, 2.05) is 40.8 Å². The maximum Gasteiger partial charge on any atom is 0.253 e. The summed E-state index contributed by atoms with van der Waals surface area (Å²) in [6.07, 6.45) is 2.19. The van der Waals surface area contributed by atoms with Crippen LogP contribution in [-0.2, 0) is 12.8 Å². The molecule has 2 heterocycles. The highest BCUT2D eigenvalue weighted by Gasteiger charge is 2.19. The Morgan fingerprint density at radius 1 is 1.04 bits per heavy atom. The van der Waals surface area contributed by atoms with E-state index >= 15 is 0 Å². The largest absolute Gasteiger partial charge is 0.339 e. The topological polar surface area (TPSA) is 51.0 Å². The molecular formula is C21H21FN4OS. The van der Waals surface area contributed by atoms with E-state index in [9.17, 15) is 9.18 Å². The fourth-order valence-electron chi connectivity index (χ4n) is 3.29. The van der Waals surface area contributed by atoms with Gasteiger partial charge in [-0.3, -0.25) is 4.79 Å². The molecule has 0 atom stereocenters. The zero-order valence-electron chi connectivity index (χ0n) is 15.6. The summed E-state index contributed by atoms with van der Waals surface area (Å²) in [5.74, 6) is 1.28. The monoisotopic (exact) mass is 396 g/mol. The third-order valence-electron chi connectivity index (χ3n) is 4.90.